The van der Waals surface area contributed by atoms with E-state index in [9.17, 15) is 26.4 Å². The van der Waals surface area contributed by atoms with E-state index < -0.39 is 21.9 Å². The lowest BCUT2D eigenvalue weighted by molar-refractivity contribution is -0.186. The van der Waals surface area contributed by atoms with Crippen molar-refractivity contribution in [2.75, 3.05) is 12.8 Å². The van der Waals surface area contributed by atoms with Gasteiger partial charge >= 0.3 is 12.1 Å². The number of alkyl halides is 3. The van der Waals surface area contributed by atoms with E-state index in [1.54, 1.807) is 6.07 Å². The van der Waals surface area contributed by atoms with Gasteiger partial charge in [0.15, 0.2) is 9.84 Å². The summed E-state index contributed by atoms with van der Waals surface area (Å²) in [6.45, 7) is -0.249. The predicted octanol–water partition coefficient (Wildman–Crippen LogP) is 1.54. The zero-order valence-electron chi connectivity index (χ0n) is 10.6. The maximum absolute atomic E-state index is 12.4. The molecule has 0 atom stereocenters. The number of halogens is 3. The number of carbonyl (C=O) groups is 1. The fourth-order valence-corrected chi connectivity index (χ4v) is 2.79. The number of amides is 1. The van der Waals surface area contributed by atoms with Crippen LogP contribution in [0.1, 0.15) is 11.1 Å². The minimum atomic E-state index is -4.91. The van der Waals surface area contributed by atoms with E-state index in [4.69, 9.17) is 0 Å². The van der Waals surface area contributed by atoms with Gasteiger partial charge in [-0.1, -0.05) is 6.07 Å². The fraction of sp³-hybridized carbons (Fsp3) is 0.417. The van der Waals surface area contributed by atoms with Crippen molar-refractivity contribution in [3.05, 3.63) is 29.3 Å². The highest BCUT2D eigenvalue weighted by Gasteiger charge is 2.43. The first-order valence-corrected chi connectivity index (χ1v) is 7.66. The Hall–Kier alpha value is -1.57. The zero-order valence-corrected chi connectivity index (χ0v) is 11.4. The summed E-state index contributed by atoms with van der Waals surface area (Å²) < 4.78 is 60.0. The first kappa shape index (κ1) is 14.8. The molecule has 1 aromatic carbocycles. The number of hydrogen-bond donors (Lipinski definition) is 0. The second kappa shape index (κ2) is 4.76. The van der Waals surface area contributed by atoms with Crippen LogP contribution in [-0.2, 0) is 27.6 Å². The van der Waals surface area contributed by atoms with Gasteiger partial charge in [-0.15, -0.1) is 0 Å². The average molecular weight is 307 g/mol. The highest BCUT2D eigenvalue weighted by molar-refractivity contribution is 7.90. The Morgan fingerprint density at radius 1 is 1.25 bits per heavy atom. The third-order valence-electron chi connectivity index (χ3n) is 3.15. The van der Waals surface area contributed by atoms with E-state index in [1.807, 2.05) is 0 Å². The molecule has 0 fully saturated rings. The summed E-state index contributed by atoms with van der Waals surface area (Å²) in [5.41, 5.74) is 1.21. The van der Waals surface area contributed by atoms with Crippen LogP contribution in [0.3, 0.4) is 0 Å². The number of nitrogens with zero attached hydrogens (tertiary/aromatic N) is 1. The van der Waals surface area contributed by atoms with Crippen molar-refractivity contribution < 1.29 is 26.4 Å². The molecule has 0 unspecified atom stereocenters. The van der Waals surface area contributed by atoms with Gasteiger partial charge in [0.1, 0.15) is 0 Å². The highest BCUT2D eigenvalue weighted by atomic mass is 32.2. The second-order valence-corrected chi connectivity index (χ2v) is 6.69. The van der Waals surface area contributed by atoms with Crippen molar-refractivity contribution in [2.24, 2.45) is 0 Å². The molecule has 1 aliphatic rings. The Morgan fingerprint density at radius 2 is 1.90 bits per heavy atom. The molecule has 1 aliphatic heterocycles. The van der Waals surface area contributed by atoms with Gasteiger partial charge < -0.3 is 4.90 Å². The standard InChI is InChI=1S/C12H12F3NO3S/c1-20(18,19)10-3-2-8-4-5-16(7-9(8)6-10)11(17)12(13,14)15/h2-3,6H,4-5,7H2,1H3. The lowest BCUT2D eigenvalue weighted by Gasteiger charge is -2.29. The molecule has 8 heteroatoms. The molecule has 110 valence electrons. The van der Waals surface area contributed by atoms with Gasteiger partial charge in [0, 0.05) is 19.3 Å². The van der Waals surface area contributed by atoms with Crippen molar-refractivity contribution >= 4 is 15.7 Å². The van der Waals surface area contributed by atoms with Crippen LogP contribution in [0, 0.1) is 0 Å². The SMILES string of the molecule is CS(=O)(=O)c1ccc2c(c1)CN(C(=O)C(F)(F)F)CC2. The Morgan fingerprint density at radius 3 is 2.45 bits per heavy atom. The summed E-state index contributed by atoms with van der Waals surface area (Å²) in [4.78, 5) is 11.9. The van der Waals surface area contributed by atoms with E-state index in [1.165, 1.54) is 12.1 Å². The molecular weight excluding hydrogens is 295 g/mol. The van der Waals surface area contributed by atoms with Crippen LogP contribution in [0.4, 0.5) is 13.2 Å². The lowest BCUT2D eigenvalue weighted by Crippen LogP contribution is -2.43. The summed E-state index contributed by atoms with van der Waals surface area (Å²) in [6.07, 6.45) is -3.61. The van der Waals surface area contributed by atoms with Crippen LogP contribution in [0.15, 0.2) is 23.1 Å². The molecule has 1 aromatic rings. The molecule has 0 spiro atoms. The maximum atomic E-state index is 12.4. The van der Waals surface area contributed by atoms with Crippen LogP contribution in [0.25, 0.3) is 0 Å². The summed E-state index contributed by atoms with van der Waals surface area (Å²) in [6, 6.07) is 4.34. The van der Waals surface area contributed by atoms with E-state index >= 15 is 0 Å². The first-order valence-electron chi connectivity index (χ1n) is 5.77. The molecule has 1 heterocycles. The third-order valence-corrected chi connectivity index (χ3v) is 4.26. The lowest BCUT2D eigenvalue weighted by atomic mass is 10.00. The Kier molecular flexibility index (Phi) is 3.53. The van der Waals surface area contributed by atoms with Crippen LogP contribution in [0.5, 0.6) is 0 Å². The van der Waals surface area contributed by atoms with E-state index in [2.05, 4.69) is 0 Å². The summed E-state index contributed by atoms with van der Waals surface area (Å²) in [7, 11) is -3.43. The van der Waals surface area contributed by atoms with Crippen molar-refractivity contribution in [1.82, 2.24) is 4.90 Å². The maximum Gasteiger partial charge on any atom is 0.471 e. The summed E-state index contributed by atoms with van der Waals surface area (Å²) >= 11 is 0. The van der Waals surface area contributed by atoms with Gasteiger partial charge in [0.2, 0.25) is 0 Å². The molecule has 0 N–H and O–H groups in total. The molecule has 1 amide bonds. The van der Waals surface area contributed by atoms with Crippen molar-refractivity contribution in [2.45, 2.75) is 24.0 Å². The number of sulfone groups is 1. The number of benzene rings is 1. The highest BCUT2D eigenvalue weighted by Crippen LogP contribution is 2.26. The number of fused-ring (bicyclic) bond motifs is 1. The average Bonchev–Trinajstić information content (AvgIpc) is 2.34. The quantitative estimate of drug-likeness (QED) is 0.791. The Balaban J connectivity index is 2.32. The Labute approximate surface area is 114 Å². The molecule has 0 saturated carbocycles. The normalized spacial score (nSPS) is 15.9. The van der Waals surface area contributed by atoms with Crippen LogP contribution >= 0.6 is 0 Å². The van der Waals surface area contributed by atoms with E-state index in [0.29, 0.717) is 10.5 Å². The fourth-order valence-electron chi connectivity index (χ4n) is 2.12. The van der Waals surface area contributed by atoms with Gasteiger partial charge in [-0.05, 0) is 29.7 Å². The minimum Gasteiger partial charge on any atom is -0.330 e. The van der Waals surface area contributed by atoms with Crippen LogP contribution < -0.4 is 0 Å². The number of hydrogen-bond acceptors (Lipinski definition) is 3. The first-order chi connectivity index (χ1) is 9.09. The van der Waals surface area contributed by atoms with Gasteiger partial charge in [-0.3, -0.25) is 4.79 Å². The van der Waals surface area contributed by atoms with E-state index in [-0.39, 0.29) is 24.4 Å². The Bertz CT molecular complexity index is 652. The molecule has 0 aromatic heterocycles. The third kappa shape index (κ3) is 2.95. The predicted molar refractivity (Wildman–Crippen MR) is 64.7 cm³/mol. The molecular formula is C12H12F3NO3S. The molecule has 0 radical (unpaired) electrons. The van der Waals surface area contributed by atoms with Gasteiger partial charge in [0.05, 0.1) is 4.90 Å². The van der Waals surface area contributed by atoms with E-state index in [0.717, 1.165) is 11.8 Å². The van der Waals surface area contributed by atoms with Crippen molar-refractivity contribution in [1.29, 1.82) is 0 Å². The molecule has 4 nitrogen and oxygen atoms in total. The smallest absolute Gasteiger partial charge is 0.330 e. The van der Waals surface area contributed by atoms with Crippen LogP contribution in [0.2, 0.25) is 0 Å². The largest absolute Gasteiger partial charge is 0.471 e. The molecule has 0 bridgehead atoms. The molecule has 0 aliphatic carbocycles. The van der Waals surface area contributed by atoms with Crippen molar-refractivity contribution in [3.8, 4) is 0 Å². The monoisotopic (exact) mass is 307 g/mol. The molecule has 2 rings (SSSR count). The van der Waals surface area contributed by atoms with Gasteiger partial charge in [-0.2, -0.15) is 13.2 Å². The molecule has 20 heavy (non-hydrogen) atoms. The van der Waals surface area contributed by atoms with Gasteiger partial charge in [-0.25, -0.2) is 8.42 Å². The minimum absolute atomic E-state index is 0.0242. The van der Waals surface area contributed by atoms with Crippen LogP contribution in [-0.4, -0.2) is 38.2 Å². The summed E-state index contributed by atoms with van der Waals surface area (Å²) in [5.74, 6) is -1.90. The summed E-state index contributed by atoms with van der Waals surface area (Å²) in [5, 5.41) is 0. The topological polar surface area (TPSA) is 54.5 Å². The number of rotatable bonds is 1. The second-order valence-electron chi connectivity index (χ2n) is 4.68. The molecule has 0 saturated heterocycles. The zero-order chi connectivity index (χ0) is 15.1. The van der Waals surface area contributed by atoms with Crippen molar-refractivity contribution in [3.63, 3.8) is 0 Å². The van der Waals surface area contributed by atoms with Gasteiger partial charge in [0.25, 0.3) is 0 Å². The number of carbonyl (C=O) groups excluding carboxylic acids is 1.